The molecule has 24 nitrogen and oxygen atoms in total. The number of ether oxygens (including phenoxy) is 2. The molecule has 13 rings (SSSR count). The van der Waals surface area contributed by atoms with Gasteiger partial charge in [-0.15, -0.1) is 0 Å². The summed E-state index contributed by atoms with van der Waals surface area (Å²) in [5, 5.41) is 12.9. The Morgan fingerprint density at radius 1 is 0.548 bits per heavy atom. The van der Waals surface area contributed by atoms with Crippen molar-refractivity contribution in [1.82, 2.24) is 28.9 Å². The number of anilines is 8. The topological polar surface area (TPSA) is 270 Å². The molecule has 0 aliphatic carbocycles. The van der Waals surface area contributed by atoms with Crippen molar-refractivity contribution in [2.45, 2.75) is 91.3 Å². The monoisotopic (exact) mass is 1470 g/mol. The zero-order chi connectivity index (χ0) is 74.6. The van der Waals surface area contributed by atoms with E-state index in [4.69, 9.17) is 18.8 Å². The number of aryl methyl sites for hydroxylation is 2. The number of nitrogens with one attached hydrogen (secondary N) is 4. The Bertz CT molecular complexity index is 4690. The molecule has 0 atom stereocenters. The third-order valence-corrected chi connectivity index (χ3v) is 20.0. The van der Waals surface area contributed by atoms with Gasteiger partial charge in [-0.1, -0.05) is 71.9 Å². The van der Waals surface area contributed by atoms with Gasteiger partial charge in [0.1, 0.15) is 23.0 Å². The molecule has 5 aliphatic rings. The van der Waals surface area contributed by atoms with E-state index in [1.807, 2.05) is 64.1 Å². The van der Waals surface area contributed by atoms with Crippen molar-refractivity contribution < 1.29 is 47.5 Å². The summed E-state index contributed by atoms with van der Waals surface area (Å²) >= 11 is 3.39. The lowest BCUT2D eigenvalue weighted by Gasteiger charge is -2.32. The number of nitrogens with zero attached hydrogens (tertiary/aromatic N) is 8. The van der Waals surface area contributed by atoms with Gasteiger partial charge in [-0.2, -0.15) is 0 Å². The standard InChI is InChI=1S/C36H38N6O5.C22H29BN4O5.C20H21BrN2O2/c1-36(2,3)25-9-10-27-29(19-25)37-12-13-42(34(27)45)31-7-5-6-26(28(31)22-43)24-18-30(35(46)40(4)21-24)39-32-11-8-23(20-38-32)33(44)41-14-16-47-17-15-41;1-21(2)22(3,4)32-23(31-21)16-12-17(20(29)26(5)14-16)25-18-7-6-15(13-24-18)19(28)27-8-10-30-11-9-27;1-20(2,3)13-7-8-14-17(11-13)22-9-10-23(19(14)25)18-6-4-5-16(21)15(18)12-24/h5-11,18-22,37H,12-17H2,1-4H3,(H,38,39);6-7,12-14H,8-11H2,1-5H3,(H,24,25);4-8,11-12,22H,9-10H2,1-3H3. The highest BCUT2D eigenvalue weighted by Gasteiger charge is 2.52. The van der Waals surface area contributed by atoms with Crippen LogP contribution in [0.2, 0.25) is 0 Å². The van der Waals surface area contributed by atoms with E-state index in [-0.39, 0.29) is 51.3 Å². The summed E-state index contributed by atoms with van der Waals surface area (Å²) in [6, 6.07) is 32.7. The molecule has 5 aliphatic heterocycles. The number of amides is 4. The number of halogens is 1. The first kappa shape index (κ1) is 75.1. The van der Waals surface area contributed by atoms with Gasteiger partial charge in [-0.25, -0.2) is 9.97 Å². The molecular formula is C78H88BBrN12O12. The third-order valence-electron chi connectivity index (χ3n) is 19.3. The maximum atomic E-state index is 13.9. The summed E-state index contributed by atoms with van der Waals surface area (Å²) < 4.78 is 26.5. The molecule has 542 valence electrons. The van der Waals surface area contributed by atoms with Crippen LogP contribution >= 0.6 is 15.9 Å². The second-order valence-electron chi connectivity index (χ2n) is 29.1. The molecule has 4 N–H and O–H groups in total. The average molecular weight is 1480 g/mol. The number of benzene rings is 4. The Kier molecular flexibility index (Phi) is 22.4. The number of hydrogen-bond acceptors (Lipinski definition) is 18. The van der Waals surface area contributed by atoms with Crippen LogP contribution in [0.1, 0.15) is 143 Å². The van der Waals surface area contributed by atoms with E-state index < -0.39 is 18.3 Å². The first-order valence-electron chi connectivity index (χ1n) is 34.6. The molecule has 9 heterocycles. The highest BCUT2D eigenvalue weighted by atomic mass is 79.9. The number of rotatable bonds is 12. The number of fused-ring (bicyclic) bond motifs is 2. The predicted molar refractivity (Wildman–Crippen MR) is 409 cm³/mol. The number of hydrogen-bond donors (Lipinski definition) is 4. The van der Waals surface area contributed by atoms with Gasteiger partial charge in [0.2, 0.25) is 0 Å². The Hall–Kier alpha value is -10.1. The van der Waals surface area contributed by atoms with Crippen LogP contribution in [-0.4, -0.2) is 162 Å². The zero-order valence-electron chi connectivity index (χ0n) is 60.8. The highest BCUT2D eigenvalue weighted by Crippen LogP contribution is 2.39. The molecule has 4 amide bonds. The van der Waals surface area contributed by atoms with Crippen molar-refractivity contribution in [3.05, 3.63) is 204 Å². The Labute approximate surface area is 613 Å². The van der Waals surface area contributed by atoms with Gasteiger partial charge in [-0.05, 0) is 150 Å². The molecule has 26 heteroatoms. The molecule has 3 saturated heterocycles. The summed E-state index contributed by atoms with van der Waals surface area (Å²) in [6.45, 7) is 27.0. The van der Waals surface area contributed by atoms with Crippen LogP contribution in [0.5, 0.6) is 0 Å². The molecule has 104 heavy (non-hydrogen) atoms. The molecule has 0 spiro atoms. The third kappa shape index (κ3) is 16.4. The first-order chi connectivity index (χ1) is 49.4. The second kappa shape index (κ2) is 31.1. The molecule has 4 aromatic heterocycles. The molecule has 3 fully saturated rings. The Morgan fingerprint density at radius 2 is 0.990 bits per heavy atom. The lowest BCUT2D eigenvalue weighted by molar-refractivity contribution is 0.00578. The fourth-order valence-corrected chi connectivity index (χ4v) is 13.0. The molecule has 0 radical (unpaired) electrons. The van der Waals surface area contributed by atoms with Crippen LogP contribution in [0, 0.1) is 0 Å². The van der Waals surface area contributed by atoms with E-state index in [1.54, 1.807) is 113 Å². The van der Waals surface area contributed by atoms with Crippen molar-refractivity contribution in [3.8, 4) is 11.1 Å². The summed E-state index contributed by atoms with van der Waals surface area (Å²) in [6.07, 6.45) is 7.91. The molecule has 0 bridgehead atoms. The second-order valence-corrected chi connectivity index (χ2v) is 30.0. The summed E-state index contributed by atoms with van der Waals surface area (Å²) in [5.74, 6) is 0.357. The number of aromatic nitrogens is 4. The molecule has 0 saturated carbocycles. The van der Waals surface area contributed by atoms with Gasteiger partial charge in [-0.3, -0.25) is 38.4 Å². The van der Waals surface area contributed by atoms with Gasteiger partial charge in [0, 0.05) is 124 Å². The predicted octanol–water partition coefficient (Wildman–Crippen LogP) is 10.8. The van der Waals surface area contributed by atoms with Gasteiger partial charge in [0.05, 0.1) is 76.8 Å². The van der Waals surface area contributed by atoms with E-state index in [9.17, 15) is 38.4 Å². The van der Waals surface area contributed by atoms with Gasteiger partial charge >= 0.3 is 7.12 Å². The Balaban J connectivity index is 0.000000165. The van der Waals surface area contributed by atoms with Crippen LogP contribution in [0.3, 0.4) is 0 Å². The molecule has 0 unspecified atom stereocenters. The summed E-state index contributed by atoms with van der Waals surface area (Å²) in [5.41, 5.74) is 8.94. The highest BCUT2D eigenvalue weighted by molar-refractivity contribution is 9.10. The van der Waals surface area contributed by atoms with E-state index in [2.05, 4.69) is 94.8 Å². The number of morpholine rings is 2. The Morgan fingerprint density at radius 3 is 1.43 bits per heavy atom. The summed E-state index contributed by atoms with van der Waals surface area (Å²) in [7, 11) is 2.72. The van der Waals surface area contributed by atoms with E-state index in [0.29, 0.717) is 156 Å². The zero-order valence-corrected chi connectivity index (χ0v) is 62.4. The van der Waals surface area contributed by atoms with Crippen molar-refractivity contribution in [3.63, 3.8) is 0 Å². The number of carbonyl (C=O) groups is 6. The van der Waals surface area contributed by atoms with Gasteiger partial charge < -0.3 is 68.8 Å². The normalized spacial score (nSPS) is 16.4. The van der Waals surface area contributed by atoms with Crippen LogP contribution in [0.25, 0.3) is 11.1 Å². The van der Waals surface area contributed by atoms with Crippen LogP contribution in [0.15, 0.2) is 148 Å². The smallest absolute Gasteiger partial charge is 0.399 e. The first-order valence-corrected chi connectivity index (χ1v) is 35.4. The fourth-order valence-electron chi connectivity index (χ4n) is 12.5. The fraction of sp³-hybridized carbons (Fsp3) is 0.359. The van der Waals surface area contributed by atoms with E-state index >= 15 is 0 Å². The van der Waals surface area contributed by atoms with Crippen molar-refractivity contribution in [2.75, 3.05) is 110 Å². The van der Waals surface area contributed by atoms with E-state index in [0.717, 1.165) is 35.0 Å². The van der Waals surface area contributed by atoms with Crippen LogP contribution in [0.4, 0.5) is 45.8 Å². The summed E-state index contributed by atoms with van der Waals surface area (Å²) in [4.78, 5) is 118. The maximum Gasteiger partial charge on any atom is 0.496 e. The minimum atomic E-state index is -0.589. The molecule has 4 aromatic carbocycles. The lowest BCUT2D eigenvalue weighted by atomic mass is 9.80. The number of aldehydes is 2. The molecular weight excluding hydrogens is 1390 g/mol. The maximum absolute atomic E-state index is 13.9. The quantitative estimate of drug-likeness (QED) is 0.0654. The molecule has 8 aromatic rings. The van der Waals surface area contributed by atoms with Crippen molar-refractivity contribution in [1.29, 1.82) is 0 Å². The minimum absolute atomic E-state index is 0.0146. The van der Waals surface area contributed by atoms with Crippen LogP contribution < -0.4 is 47.6 Å². The van der Waals surface area contributed by atoms with Gasteiger partial charge in [0.25, 0.3) is 34.7 Å². The number of pyridine rings is 4. The van der Waals surface area contributed by atoms with Gasteiger partial charge in [0.15, 0.2) is 12.6 Å². The SMILES string of the molecule is CC(C)(C)c1ccc2c(c1)NCCN(c1cccc(Br)c1C=O)C2=O.Cn1cc(-c2cccc(N3CCNc4cc(C(C)(C)C)ccc4C3=O)c2C=O)cc(Nc2ccc(C(=O)N3CCOCC3)cn2)c1=O.Cn1cc(B2OC(C)(C)C(C)(C)O2)cc(Nc2ccc(C(=O)N3CCOCC3)cn2)c1=O. The van der Waals surface area contributed by atoms with Crippen LogP contribution in [-0.2, 0) is 43.7 Å². The minimum Gasteiger partial charge on any atom is -0.399 e. The van der Waals surface area contributed by atoms with E-state index in [1.165, 1.54) is 27.1 Å². The number of carbonyl (C=O) groups excluding carboxylic acids is 6. The van der Waals surface area contributed by atoms with Crippen molar-refractivity contribution >= 4 is 110 Å². The largest absolute Gasteiger partial charge is 0.496 e. The van der Waals surface area contributed by atoms with Crippen molar-refractivity contribution in [2.24, 2.45) is 14.1 Å². The lowest BCUT2D eigenvalue weighted by Crippen LogP contribution is -2.41. The average Bonchev–Trinajstić information content (AvgIpc) is 0.863.